The standard InChI is InChI=1S/C23H27ClN6O2.C22H26ClN7O2.C21H24ClN7O2.C21H23ClN6O3/c1-4-30(5-2)14-18(31)13-27-23(32)21-11-17(28-29(21)3)8-9-19-20-10-16(24)7-6-15(20)12-26-22(19)25;1-4-30(5-2)13-16(31)12-26-22(32)21-28-27-19(29(21)3)9-8-17-18-10-15(23)7-6-14(18)11-25-20(17)24;1-3-29(4-2)12-15(30)11-25-21(31)20-26-18(27-28-20)8-7-16-17-9-14(22)6-5-13(17)10-24-19(16)23;1-3-28(4-2)12-15(29)11-25-20(30)21-27-26-18(31-21)8-7-16-17-9-14(22)6-5-13(17)10-24-19(16)23/h6-7,10-12,18,31H,4-5,13-14H2,1-3H3,(H2,25,26)(H,27,32);6-7,10-11,16,31H,4-5,12-13H2,1-3H3,(H2,24,25)(H,26,32);5-6,9-10,15,30H,3-4,11-12H2,1-2H3,(H2,23,24)(H,25,31)(H,26,27,28);5-6,9-10,15,29H,3-4,11-12H2,1-2H3,(H2,23,24)(H,25,30). The lowest BCUT2D eigenvalue weighted by atomic mass is 10.1. The Morgan fingerprint density at radius 2 is 0.802 bits per heavy atom. The first kappa shape index (κ1) is 97.1. The molecule has 0 saturated carbocycles. The summed E-state index contributed by atoms with van der Waals surface area (Å²) >= 11 is 24.4. The summed E-state index contributed by atoms with van der Waals surface area (Å²) < 4.78 is 8.25. The lowest BCUT2D eigenvalue weighted by Gasteiger charge is -2.21. The summed E-state index contributed by atoms with van der Waals surface area (Å²) in [5.41, 5.74) is 26.8. The van der Waals surface area contributed by atoms with Crippen LogP contribution in [0.3, 0.4) is 0 Å². The highest BCUT2D eigenvalue weighted by molar-refractivity contribution is 6.32. The molecule has 0 aliphatic carbocycles. The third-order valence-electron chi connectivity index (χ3n) is 19.7. The van der Waals surface area contributed by atoms with Crippen LogP contribution in [0.2, 0.25) is 20.1 Å². The van der Waals surface area contributed by atoms with Crippen molar-refractivity contribution in [2.75, 3.05) is 128 Å². The summed E-state index contributed by atoms with van der Waals surface area (Å²) in [6.07, 6.45) is 3.89. The van der Waals surface area contributed by atoms with E-state index >= 15 is 0 Å². The highest BCUT2D eigenvalue weighted by Crippen LogP contribution is 2.29. The minimum absolute atomic E-state index is 0.0488. The fourth-order valence-corrected chi connectivity index (χ4v) is 13.2. The molecule has 8 aromatic heterocycles. The molecular formula is C87H100Cl4N26O9. The number of hydrogen-bond acceptors (Lipinski definition) is 28. The zero-order chi connectivity index (χ0) is 91.3. The lowest BCUT2D eigenvalue weighted by molar-refractivity contribution is 0.0838. The number of amides is 4. The molecule has 4 aromatic carbocycles. The minimum Gasteiger partial charge on any atom is -0.406 e. The number of nitrogens with zero attached hydrogens (tertiary/aromatic N) is 17. The number of fused-ring (bicyclic) bond motifs is 4. The molecule has 126 heavy (non-hydrogen) atoms. The van der Waals surface area contributed by atoms with Gasteiger partial charge >= 0.3 is 11.8 Å². The van der Waals surface area contributed by atoms with Crippen molar-refractivity contribution < 1.29 is 44.0 Å². The highest BCUT2D eigenvalue weighted by Gasteiger charge is 2.23. The number of anilines is 4. The van der Waals surface area contributed by atoms with Crippen LogP contribution in [-0.2, 0) is 14.1 Å². The largest absolute Gasteiger partial charge is 0.406 e. The lowest BCUT2D eigenvalue weighted by Crippen LogP contribution is -2.40. The number of halogens is 4. The minimum atomic E-state index is -0.709. The average Bonchev–Trinajstić information content (AvgIpc) is 1.38. The van der Waals surface area contributed by atoms with Gasteiger partial charge in [-0.25, -0.2) is 19.9 Å². The Morgan fingerprint density at radius 3 is 1.20 bits per heavy atom. The van der Waals surface area contributed by atoms with Gasteiger partial charge in [-0.1, -0.05) is 155 Å². The Balaban J connectivity index is 0.000000190. The van der Waals surface area contributed by atoms with E-state index in [0.29, 0.717) is 85.7 Å². The number of carbonyl (C=O) groups is 4. The number of likely N-dealkylation sites (N-methyl/N-ethyl adjacent to an activating group) is 4. The zero-order valence-electron chi connectivity index (χ0n) is 71.2. The molecule has 0 radical (unpaired) electrons. The van der Waals surface area contributed by atoms with E-state index in [1.807, 2.05) is 79.7 Å². The number of carbonyl (C=O) groups excluding carboxylic acids is 4. The van der Waals surface area contributed by atoms with Gasteiger partial charge in [-0.3, -0.25) is 33.5 Å². The molecule has 17 N–H and O–H groups in total. The van der Waals surface area contributed by atoms with Crippen LogP contribution in [0.5, 0.6) is 0 Å². The van der Waals surface area contributed by atoms with Crippen LogP contribution in [0.1, 0.15) is 143 Å². The van der Waals surface area contributed by atoms with Gasteiger partial charge in [-0.15, -0.1) is 20.4 Å². The third-order valence-corrected chi connectivity index (χ3v) is 20.6. The number of H-pyrrole nitrogens is 1. The quantitative estimate of drug-likeness (QED) is 0.0230. The van der Waals surface area contributed by atoms with Crippen LogP contribution in [0, 0.1) is 47.4 Å². The molecule has 0 spiro atoms. The second kappa shape index (κ2) is 47.4. The predicted octanol–water partition coefficient (Wildman–Crippen LogP) is 6.57. The van der Waals surface area contributed by atoms with Crippen molar-refractivity contribution in [3.8, 4) is 47.4 Å². The summed E-state index contributed by atoms with van der Waals surface area (Å²) in [6, 6.07) is 23.1. The highest BCUT2D eigenvalue weighted by atomic mass is 35.5. The molecule has 4 unspecified atom stereocenters. The third kappa shape index (κ3) is 27.4. The molecule has 8 heterocycles. The summed E-state index contributed by atoms with van der Waals surface area (Å²) in [5.74, 6) is 22.6. The van der Waals surface area contributed by atoms with E-state index < -0.39 is 42.1 Å². The number of nitrogens with two attached hydrogens (primary N) is 4. The predicted molar refractivity (Wildman–Crippen MR) is 488 cm³/mol. The van der Waals surface area contributed by atoms with Gasteiger partial charge in [-0.2, -0.15) is 10.1 Å². The molecule has 4 atom stereocenters. The van der Waals surface area contributed by atoms with Crippen molar-refractivity contribution in [2.45, 2.75) is 79.8 Å². The number of aryl methyl sites for hydroxylation is 1. The Morgan fingerprint density at radius 1 is 0.444 bits per heavy atom. The van der Waals surface area contributed by atoms with Gasteiger partial charge in [-0.05, 0) is 119 Å². The number of nitrogens with one attached hydrogen (secondary N) is 5. The Kier molecular flexibility index (Phi) is 36.5. The van der Waals surface area contributed by atoms with E-state index in [1.54, 1.807) is 93.5 Å². The van der Waals surface area contributed by atoms with E-state index in [0.717, 1.165) is 95.4 Å². The van der Waals surface area contributed by atoms with Gasteiger partial charge in [0.1, 0.15) is 34.7 Å². The smallest absolute Gasteiger partial charge is 0.308 e. The SMILES string of the molecule is CCN(CC)CC(O)CNC(=O)c1cc(C#Cc2c(N)ncc3ccc(Cl)cc23)nn1C.CCN(CC)CC(O)CNC(=O)c1n[nH]c(C#Cc2c(N)ncc3ccc(Cl)cc23)n1.CCN(CC)CC(O)CNC(=O)c1nnc(C#Cc2c(N)ncc3ccc(Cl)cc23)n1C.CCN(CC)CC(O)CNC(=O)c1nnc(C#Cc2c(N)ncc3ccc(Cl)cc23)o1. The second-order valence-electron chi connectivity index (χ2n) is 28.3. The van der Waals surface area contributed by atoms with Gasteiger partial charge in [0.15, 0.2) is 0 Å². The molecule has 12 rings (SSSR count). The first-order valence-electron chi connectivity index (χ1n) is 40.3. The monoisotopic (exact) mass is 1790 g/mol. The van der Waals surface area contributed by atoms with Crippen LogP contribution in [0.25, 0.3) is 43.1 Å². The molecule has 12 aromatic rings. The van der Waals surface area contributed by atoms with Gasteiger partial charge in [0.25, 0.3) is 23.6 Å². The normalized spacial score (nSPS) is 11.9. The average molecular weight is 1800 g/mol. The molecule has 660 valence electrons. The summed E-state index contributed by atoms with van der Waals surface area (Å²) in [6.45, 7) is 25.1. The van der Waals surface area contributed by atoms with Crippen molar-refractivity contribution in [3.63, 3.8) is 0 Å². The number of aromatic nitrogens is 14. The zero-order valence-corrected chi connectivity index (χ0v) is 74.2. The maximum atomic E-state index is 12.6. The molecule has 0 aliphatic heterocycles. The number of nitrogen functional groups attached to an aromatic ring is 4. The molecule has 39 heteroatoms. The van der Waals surface area contributed by atoms with Crippen molar-refractivity contribution >= 4 is 136 Å². The second-order valence-corrected chi connectivity index (χ2v) is 30.0. The van der Waals surface area contributed by atoms with E-state index in [4.69, 9.17) is 73.8 Å². The van der Waals surface area contributed by atoms with E-state index in [1.165, 1.54) is 9.25 Å². The topological polar surface area (TPSA) is 495 Å². The fourth-order valence-electron chi connectivity index (χ4n) is 12.5. The van der Waals surface area contributed by atoms with Gasteiger partial charge < -0.3 is 88.6 Å². The van der Waals surface area contributed by atoms with Gasteiger partial charge in [0.2, 0.25) is 23.3 Å². The first-order valence-corrected chi connectivity index (χ1v) is 41.9. The molecule has 0 saturated heterocycles. The number of rotatable bonds is 28. The summed E-state index contributed by atoms with van der Waals surface area (Å²) in [4.78, 5) is 78.5. The Hall–Kier alpha value is -12.7. The van der Waals surface area contributed by atoms with Crippen LogP contribution >= 0.6 is 46.4 Å². The van der Waals surface area contributed by atoms with E-state index in [2.05, 4.69) is 149 Å². The van der Waals surface area contributed by atoms with Crippen molar-refractivity contribution in [1.82, 2.24) is 111 Å². The van der Waals surface area contributed by atoms with E-state index in [9.17, 15) is 39.6 Å². The van der Waals surface area contributed by atoms with Gasteiger partial charge in [0.05, 0.1) is 46.7 Å². The van der Waals surface area contributed by atoms with Crippen LogP contribution in [0.4, 0.5) is 23.3 Å². The van der Waals surface area contributed by atoms with Gasteiger partial charge in [0, 0.05) is 166 Å². The molecule has 35 nitrogen and oxygen atoms in total. The molecule has 4 amide bonds. The molecule has 0 fully saturated rings. The maximum absolute atomic E-state index is 12.6. The van der Waals surface area contributed by atoms with Crippen LogP contribution in [0.15, 0.2) is 108 Å². The van der Waals surface area contributed by atoms with Crippen molar-refractivity contribution in [2.24, 2.45) is 14.1 Å². The number of aliphatic hydroxyl groups excluding tert-OH is 4. The number of hydrogen-bond donors (Lipinski definition) is 13. The summed E-state index contributed by atoms with van der Waals surface area (Å²) in [5, 5.41) is 86.0. The number of benzene rings is 4. The molecule has 0 aliphatic rings. The molecule has 0 bridgehead atoms. The Labute approximate surface area is 748 Å². The summed E-state index contributed by atoms with van der Waals surface area (Å²) in [7, 11) is 3.31. The number of aromatic amines is 1. The maximum Gasteiger partial charge on any atom is 0.308 e. The first-order chi connectivity index (χ1) is 60.5. The van der Waals surface area contributed by atoms with Crippen LogP contribution in [-0.4, -0.2) is 263 Å². The number of pyridine rings is 4. The van der Waals surface area contributed by atoms with Crippen molar-refractivity contribution in [3.05, 3.63) is 192 Å². The van der Waals surface area contributed by atoms with Crippen LogP contribution < -0.4 is 44.2 Å². The van der Waals surface area contributed by atoms with E-state index in [-0.39, 0.29) is 84.6 Å². The fraction of sp³-hybridized carbons (Fsp3) is 0.345. The number of aliphatic hydroxyl groups is 4. The Bertz CT molecular complexity index is 5850. The van der Waals surface area contributed by atoms with Crippen molar-refractivity contribution in [1.29, 1.82) is 0 Å². The molecular weight excluding hydrogens is 1690 g/mol.